The van der Waals surface area contributed by atoms with Crippen molar-refractivity contribution in [3.63, 3.8) is 0 Å². The minimum Gasteiger partial charge on any atom is -0.468 e. The van der Waals surface area contributed by atoms with Gasteiger partial charge in [0.2, 0.25) is 10.0 Å². The normalized spacial score (nSPS) is 22.0. The van der Waals surface area contributed by atoms with Gasteiger partial charge >= 0.3 is 6.18 Å². The molecule has 2 unspecified atom stereocenters. The van der Waals surface area contributed by atoms with Gasteiger partial charge in [0.05, 0.1) is 31.0 Å². The number of hydroxylamine groups is 2. The highest BCUT2D eigenvalue weighted by Gasteiger charge is 2.43. The van der Waals surface area contributed by atoms with Crippen LogP contribution in [0.25, 0.3) is 0 Å². The van der Waals surface area contributed by atoms with Crippen LogP contribution in [0, 0.1) is 0 Å². The molecule has 26 heavy (non-hydrogen) atoms. The molecule has 3 rings (SSSR count). The fourth-order valence-corrected chi connectivity index (χ4v) is 4.31. The van der Waals surface area contributed by atoms with Gasteiger partial charge < -0.3 is 4.42 Å². The molecule has 1 aromatic heterocycles. The molecule has 1 saturated heterocycles. The molecule has 2 heterocycles. The van der Waals surface area contributed by atoms with Crippen molar-refractivity contribution in [2.45, 2.75) is 24.0 Å². The molecule has 0 amide bonds. The van der Waals surface area contributed by atoms with E-state index in [1.165, 1.54) is 23.5 Å². The number of hydrogen-bond acceptors (Lipinski definition) is 5. The number of nitrogens with one attached hydrogen (secondary N) is 1. The zero-order chi connectivity index (χ0) is 18.9. The second kappa shape index (κ2) is 7.03. The molecule has 0 aliphatic carbocycles. The number of alkyl halides is 3. The Kier molecular flexibility index (Phi) is 5.11. The third-order valence-corrected chi connectivity index (χ3v) is 5.93. The Morgan fingerprint density at radius 3 is 2.50 bits per heavy atom. The molecular weight excluding hydrogens is 373 g/mol. The molecule has 1 aliphatic rings. The van der Waals surface area contributed by atoms with Gasteiger partial charge in [0.1, 0.15) is 11.0 Å². The van der Waals surface area contributed by atoms with Crippen molar-refractivity contribution < 1.29 is 30.8 Å². The Morgan fingerprint density at radius 2 is 1.92 bits per heavy atom. The average Bonchev–Trinajstić information content (AvgIpc) is 3.22. The molecule has 2 aromatic rings. The van der Waals surface area contributed by atoms with Gasteiger partial charge in [0.15, 0.2) is 0 Å². The quantitative estimate of drug-likeness (QED) is 0.850. The largest absolute Gasteiger partial charge is 0.468 e. The highest BCUT2D eigenvalue weighted by atomic mass is 32.2. The van der Waals surface area contributed by atoms with Crippen molar-refractivity contribution in [3.8, 4) is 0 Å². The first-order chi connectivity index (χ1) is 12.2. The molecule has 0 radical (unpaired) electrons. The Hall–Kier alpha value is -1.88. The molecular formula is C16H17F3N2O4S. The van der Waals surface area contributed by atoms with Crippen LogP contribution in [0.15, 0.2) is 47.1 Å². The summed E-state index contributed by atoms with van der Waals surface area (Å²) in [6.45, 7) is -0.120. The maximum absolute atomic E-state index is 12.7. The number of halogens is 3. The van der Waals surface area contributed by atoms with Crippen LogP contribution in [-0.4, -0.2) is 32.4 Å². The first-order valence-corrected chi connectivity index (χ1v) is 9.27. The summed E-state index contributed by atoms with van der Waals surface area (Å²) < 4.78 is 71.0. The average molecular weight is 390 g/mol. The lowest BCUT2D eigenvalue weighted by atomic mass is 10.0. The minimum absolute atomic E-state index is 0.0186. The second-order valence-corrected chi connectivity index (χ2v) is 7.87. The Labute approximate surface area is 148 Å². The minimum atomic E-state index is -4.45. The van der Waals surface area contributed by atoms with Gasteiger partial charge in [-0.25, -0.2) is 13.1 Å². The van der Waals surface area contributed by atoms with Crippen LogP contribution in [0.5, 0.6) is 0 Å². The number of rotatable bonds is 5. The SMILES string of the molecule is CN1OCC(S(=O)(=O)NCc2ccco2)C1c1ccc(C(F)(F)F)cc1. The molecule has 1 aliphatic heterocycles. The van der Waals surface area contributed by atoms with Gasteiger partial charge in [-0.2, -0.15) is 18.2 Å². The van der Waals surface area contributed by atoms with Gasteiger partial charge in [0.25, 0.3) is 0 Å². The fourth-order valence-electron chi connectivity index (χ4n) is 2.84. The predicted molar refractivity (Wildman–Crippen MR) is 86.2 cm³/mol. The van der Waals surface area contributed by atoms with Crippen LogP contribution in [0.1, 0.15) is 22.9 Å². The van der Waals surface area contributed by atoms with Crippen molar-refractivity contribution in [2.75, 3.05) is 13.7 Å². The lowest BCUT2D eigenvalue weighted by molar-refractivity contribution is -0.137. The summed E-state index contributed by atoms with van der Waals surface area (Å²) in [5.41, 5.74) is -0.371. The van der Waals surface area contributed by atoms with Crippen molar-refractivity contribution in [1.29, 1.82) is 0 Å². The summed E-state index contributed by atoms with van der Waals surface area (Å²) in [5, 5.41) is 0.374. The van der Waals surface area contributed by atoms with Crippen LogP contribution in [0.3, 0.4) is 0 Å². The van der Waals surface area contributed by atoms with E-state index in [-0.39, 0.29) is 13.2 Å². The lowest BCUT2D eigenvalue weighted by Crippen LogP contribution is -2.39. The van der Waals surface area contributed by atoms with Gasteiger partial charge in [-0.1, -0.05) is 12.1 Å². The van der Waals surface area contributed by atoms with Gasteiger partial charge in [-0.3, -0.25) is 4.84 Å². The molecule has 0 spiro atoms. The van der Waals surface area contributed by atoms with E-state index < -0.39 is 33.1 Å². The number of sulfonamides is 1. The lowest BCUT2D eigenvalue weighted by Gasteiger charge is -2.23. The van der Waals surface area contributed by atoms with E-state index in [0.29, 0.717) is 11.3 Å². The Balaban J connectivity index is 1.80. The zero-order valence-corrected chi connectivity index (χ0v) is 14.5. The van der Waals surface area contributed by atoms with Crippen molar-refractivity contribution in [3.05, 3.63) is 59.5 Å². The van der Waals surface area contributed by atoms with Crippen LogP contribution in [-0.2, 0) is 27.6 Å². The number of hydrogen-bond donors (Lipinski definition) is 1. The van der Waals surface area contributed by atoms with Crippen LogP contribution in [0.2, 0.25) is 0 Å². The predicted octanol–water partition coefficient (Wildman–Crippen LogP) is 2.70. The van der Waals surface area contributed by atoms with E-state index >= 15 is 0 Å². The summed E-state index contributed by atoms with van der Waals surface area (Å²) >= 11 is 0. The first kappa shape index (κ1) is 18.9. The van der Waals surface area contributed by atoms with Crippen LogP contribution in [0.4, 0.5) is 13.2 Å². The third-order valence-electron chi connectivity index (χ3n) is 4.19. The maximum Gasteiger partial charge on any atom is 0.416 e. The molecule has 2 atom stereocenters. The molecule has 1 fully saturated rings. The molecule has 142 valence electrons. The summed E-state index contributed by atoms with van der Waals surface area (Å²) in [7, 11) is -2.26. The van der Waals surface area contributed by atoms with Crippen molar-refractivity contribution >= 4 is 10.0 Å². The van der Waals surface area contributed by atoms with Crippen LogP contribution >= 0.6 is 0 Å². The molecule has 1 aromatic carbocycles. The maximum atomic E-state index is 12.7. The summed E-state index contributed by atoms with van der Waals surface area (Å²) in [6, 6.07) is 6.95. The van der Waals surface area contributed by atoms with Crippen molar-refractivity contribution in [2.24, 2.45) is 0 Å². The number of furan rings is 1. The second-order valence-electron chi connectivity index (χ2n) is 5.89. The smallest absolute Gasteiger partial charge is 0.416 e. The fraction of sp³-hybridized carbons (Fsp3) is 0.375. The summed E-state index contributed by atoms with van der Waals surface area (Å²) in [6.07, 6.45) is -3.02. The van der Waals surface area contributed by atoms with E-state index in [0.717, 1.165) is 12.1 Å². The van der Waals surface area contributed by atoms with Gasteiger partial charge in [-0.15, -0.1) is 0 Å². The Bertz CT molecular complexity index is 835. The van der Waals surface area contributed by atoms with E-state index in [2.05, 4.69) is 4.72 Å². The third kappa shape index (κ3) is 3.93. The monoisotopic (exact) mass is 390 g/mol. The van der Waals surface area contributed by atoms with E-state index in [9.17, 15) is 21.6 Å². The molecule has 10 heteroatoms. The molecule has 1 N–H and O–H groups in total. The van der Waals surface area contributed by atoms with Gasteiger partial charge in [-0.05, 0) is 29.8 Å². The van der Waals surface area contributed by atoms with E-state index in [4.69, 9.17) is 9.25 Å². The number of benzene rings is 1. The van der Waals surface area contributed by atoms with Gasteiger partial charge in [0, 0.05) is 7.05 Å². The van der Waals surface area contributed by atoms with E-state index in [1.54, 1.807) is 19.2 Å². The number of nitrogens with zero attached hydrogens (tertiary/aromatic N) is 1. The Morgan fingerprint density at radius 1 is 1.23 bits per heavy atom. The zero-order valence-electron chi connectivity index (χ0n) is 13.7. The van der Waals surface area contributed by atoms with E-state index in [1.807, 2.05) is 0 Å². The van der Waals surface area contributed by atoms with Crippen molar-refractivity contribution in [1.82, 2.24) is 9.79 Å². The summed E-state index contributed by atoms with van der Waals surface area (Å²) in [5.74, 6) is 0.451. The highest BCUT2D eigenvalue weighted by Crippen LogP contribution is 2.35. The first-order valence-electron chi connectivity index (χ1n) is 7.72. The molecule has 6 nitrogen and oxygen atoms in total. The van der Waals surface area contributed by atoms with Crippen LogP contribution < -0.4 is 4.72 Å². The highest BCUT2D eigenvalue weighted by molar-refractivity contribution is 7.90. The standard InChI is InChI=1S/C16H17F3N2O4S/c1-21-15(11-4-6-12(7-5-11)16(17,18)19)14(10-25-21)26(22,23)20-9-13-3-2-8-24-13/h2-8,14-15,20H,9-10H2,1H3. The summed E-state index contributed by atoms with van der Waals surface area (Å²) in [4.78, 5) is 5.32. The molecule has 0 saturated carbocycles. The topological polar surface area (TPSA) is 71.8 Å². The molecule has 0 bridgehead atoms.